The zero-order valence-corrected chi connectivity index (χ0v) is 12.1. The summed E-state index contributed by atoms with van der Waals surface area (Å²) in [6.45, 7) is 7.17. The fourth-order valence-corrected chi connectivity index (χ4v) is 2.19. The lowest BCUT2D eigenvalue weighted by molar-refractivity contribution is 0.416. The number of rotatable bonds is 4. The summed E-state index contributed by atoms with van der Waals surface area (Å²) < 4.78 is 5.38. The fourth-order valence-electron chi connectivity index (χ4n) is 2.19. The minimum atomic E-state index is 0.811. The number of hydrogen-bond donors (Lipinski definition) is 1. The number of methoxy groups -OCH3 is 1. The summed E-state index contributed by atoms with van der Waals surface area (Å²) in [5, 5.41) is 3.46. The summed E-state index contributed by atoms with van der Waals surface area (Å²) in [5.41, 5.74) is 6.20. The highest BCUT2D eigenvalue weighted by Gasteiger charge is 2.04. The SMILES string of the molecule is COc1ccc(C)cc1NCc1ccc(C)cc1C. The van der Waals surface area contributed by atoms with E-state index in [9.17, 15) is 0 Å². The summed E-state index contributed by atoms with van der Waals surface area (Å²) in [6, 6.07) is 12.7. The fraction of sp³-hybridized carbons (Fsp3) is 0.294. The Morgan fingerprint density at radius 2 is 1.63 bits per heavy atom. The van der Waals surface area contributed by atoms with E-state index in [1.165, 1.54) is 22.3 Å². The van der Waals surface area contributed by atoms with Crippen molar-refractivity contribution in [1.29, 1.82) is 0 Å². The maximum absolute atomic E-state index is 5.38. The van der Waals surface area contributed by atoms with E-state index in [1.54, 1.807) is 7.11 Å². The van der Waals surface area contributed by atoms with Gasteiger partial charge >= 0.3 is 0 Å². The van der Waals surface area contributed by atoms with Gasteiger partial charge in [-0.15, -0.1) is 0 Å². The second-order valence-corrected chi connectivity index (χ2v) is 4.99. The molecule has 0 atom stereocenters. The first-order valence-electron chi connectivity index (χ1n) is 6.55. The van der Waals surface area contributed by atoms with Crippen LogP contribution in [0.25, 0.3) is 0 Å². The van der Waals surface area contributed by atoms with Crippen LogP contribution in [0, 0.1) is 20.8 Å². The number of hydrogen-bond acceptors (Lipinski definition) is 2. The van der Waals surface area contributed by atoms with Crippen molar-refractivity contribution in [3.8, 4) is 5.75 Å². The largest absolute Gasteiger partial charge is 0.495 e. The van der Waals surface area contributed by atoms with Gasteiger partial charge in [0.15, 0.2) is 0 Å². The van der Waals surface area contributed by atoms with Gasteiger partial charge in [0.1, 0.15) is 5.75 Å². The second-order valence-electron chi connectivity index (χ2n) is 4.99. The highest BCUT2D eigenvalue weighted by Crippen LogP contribution is 2.26. The predicted molar refractivity (Wildman–Crippen MR) is 81.0 cm³/mol. The maximum atomic E-state index is 5.38. The van der Waals surface area contributed by atoms with Crippen LogP contribution in [-0.2, 0) is 6.54 Å². The molecule has 0 spiro atoms. The van der Waals surface area contributed by atoms with Gasteiger partial charge in [-0.3, -0.25) is 0 Å². The van der Waals surface area contributed by atoms with Gasteiger partial charge in [-0.05, 0) is 49.6 Å². The monoisotopic (exact) mass is 255 g/mol. The second kappa shape index (κ2) is 5.79. The van der Waals surface area contributed by atoms with Gasteiger partial charge in [0.05, 0.1) is 12.8 Å². The number of anilines is 1. The lowest BCUT2D eigenvalue weighted by Crippen LogP contribution is -2.03. The summed E-state index contributed by atoms with van der Waals surface area (Å²) >= 11 is 0. The van der Waals surface area contributed by atoms with Crippen LogP contribution in [0.1, 0.15) is 22.3 Å². The van der Waals surface area contributed by atoms with Crippen LogP contribution in [0.5, 0.6) is 5.75 Å². The summed E-state index contributed by atoms with van der Waals surface area (Å²) in [5.74, 6) is 0.885. The van der Waals surface area contributed by atoms with Crippen LogP contribution in [0.3, 0.4) is 0 Å². The van der Waals surface area contributed by atoms with Crippen molar-refractivity contribution in [2.24, 2.45) is 0 Å². The van der Waals surface area contributed by atoms with Crippen LogP contribution in [0.2, 0.25) is 0 Å². The molecule has 2 rings (SSSR count). The average molecular weight is 255 g/mol. The molecule has 0 aliphatic rings. The van der Waals surface area contributed by atoms with Crippen LogP contribution >= 0.6 is 0 Å². The minimum absolute atomic E-state index is 0.811. The summed E-state index contributed by atoms with van der Waals surface area (Å²) in [6.07, 6.45) is 0. The summed E-state index contributed by atoms with van der Waals surface area (Å²) in [7, 11) is 1.70. The molecule has 0 saturated carbocycles. The minimum Gasteiger partial charge on any atom is -0.495 e. The highest BCUT2D eigenvalue weighted by molar-refractivity contribution is 5.58. The van der Waals surface area contributed by atoms with Crippen LogP contribution < -0.4 is 10.1 Å². The van der Waals surface area contributed by atoms with Crippen molar-refractivity contribution in [2.45, 2.75) is 27.3 Å². The van der Waals surface area contributed by atoms with Crippen molar-refractivity contribution in [3.05, 3.63) is 58.7 Å². The molecule has 1 N–H and O–H groups in total. The Balaban J connectivity index is 2.16. The molecule has 0 unspecified atom stereocenters. The van der Waals surface area contributed by atoms with E-state index < -0.39 is 0 Å². The zero-order valence-electron chi connectivity index (χ0n) is 12.1. The molecule has 0 heterocycles. The van der Waals surface area contributed by atoms with Gasteiger partial charge in [-0.2, -0.15) is 0 Å². The van der Waals surface area contributed by atoms with Gasteiger partial charge in [-0.25, -0.2) is 0 Å². The van der Waals surface area contributed by atoms with E-state index in [4.69, 9.17) is 4.74 Å². The lowest BCUT2D eigenvalue weighted by atomic mass is 10.1. The van der Waals surface area contributed by atoms with Crippen LogP contribution in [0.4, 0.5) is 5.69 Å². The molecule has 0 aliphatic carbocycles. The first kappa shape index (κ1) is 13.5. The first-order chi connectivity index (χ1) is 9.10. The molecule has 0 aliphatic heterocycles. The predicted octanol–water partition coefficient (Wildman–Crippen LogP) is 4.23. The average Bonchev–Trinajstić information content (AvgIpc) is 2.38. The Labute approximate surface area is 115 Å². The molecule has 2 aromatic rings. The quantitative estimate of drug-likeness (QED) is 0.882. The van der Waals surface area contributed by atoms with Crippen molar-refractivity contribution < 1.29 is 4.74 Å². The van der Waals surface area contributed by atoms with Crippen molar-refractivity contribution >= 4 is 5.69 Å². The third-order valence-electron chi connectivity index (χ3n) is 3.32. The van der Waals surface area contributed by atoms with Crippen LogP contribution in [0.15, 0.2) is 36.4 Å². The van der Waals surface area contributed by atoms with Gasteiger partial charge < -0.3 is 10.1 Å². The standard InChI is InChI=1S/C17H21NO/c1-12-5-7-15(14(3)9-12)11-18-16-10-13(2)6-8-17(16)19-4/h5-10,18H,11H2,1-4H3. The third kappa shape index (κ3) is 3.28. The normalized spacial score (nSPS) is 10.3. The van der Waals surface area contributed by atoms with E-state index in [1.807, 2.05) is 6.07 Å². The Kier molecular flexibility index (Phi) is 4.10. The van der Waals surface area contributed by atoms with Crippen molar-refractivity contribution in [3.63, 3.8) is 0 Å². The van der Waals surface area contributed by atoms with E-state index in [-0.39, 0.29) is 0 Å². The molecule has 2 nitrogen and oxygen atoms in total. The van der Waals surface area contributed by atoms with Gasteiger partial charge in [0.2, 0.25) is 0 Å². The maximum Gasteiger partial charge on any atom is 0.141 e. The molecule has 2 heteroatoms. The number of benzene rings is 2. The molecular weight excluding hydrogens is 234 g/mol. The molecule has 0 fully saturated rings. The molecule has 0 bridgehead atoms. The van der Waals surface area contributed by atoms with E-state index >= 15 is 0 Å². The number of nitrogens with one attached hydrogen (secondary N) is 1. The first-order valence-corrected chi connectivity index (χ1v) is 6.55. The Bertz CT molecular complexity index is 575. The van der Waals surface area contributed by atoms with Crippen molar-refractivity contribution in [1.82, 2.24) is 0 Å². The molecule has 19 heavy (non-hydrogen) atoms. The smallest absolute Gasteiger partial charge is 0.141 e. The van der Waals surface area contributed by atoms with Gasteiger partial charge in [0, 0.05) is 6.54 Å². The molecular formula is C17H21NO. The number of aryl methyl sites for hydroxylation is 3. The molecule has 100 valence electrons. The van der Waals surface area contributed by atoms with Crippen LogP contribution in [-0.4, -0.2) is 7.11 Å². The van der Waals surface area contributed by atoms with Gasteiger partial charge in [0.25, 0.3) is 0 Å². The third-order valence-corrected chi connectivity index (χ3v) is 3.32. The van der Waals surface area contributed by atoms with Gasteiger partial charge in [-0.1, -0.05) is 29.8 Å². The molecule has 0 saturated heterocycles. The molecule has 0 radical (unpaired) electrons. The number of ether oxygens (including phenoxy) is 1. The molecule has 0 aromatic heterocycles. The lowest BCUT2D eigenvalue weighted by Gasteiger charge is -2.13. The highest BCUT2D eigenvalue weighted by atomic mass is 16.5. The molecule has 2 aromatic carbocycles. The summed E-state index contributed by atoms with van der Waals surface area (Å²) in [4.78, 5) is 0. The van der Waals surface area contributed by atoms with Crippen molar-refractivity contribution in [2.75, 3.05) is 12.4 Å². The Morgan fingerprint density at radius 1 is 0.947 bits per heavy atom. The van der Waals surface area contributed by atoms with E-state index in [0.717, 1.165) is 18.0 Å². The molecule has 0 amide bonds. The van der Waals surface area contributed by atoms with E-state index in [2.05, 4.69) is 56.4 Å². The zero-order chi connectivity index (χ0) is 13.8. The Hall–Kier alpha value is -1.96. The topological polar surface area (TPSA) is 21.3 Å². The Morgan fingerprint density at radius 3 is 2.32 bits per heavy atom. The van der Waals surface area contributed by atoms with E-state index in [0.29, 0.717) is 0 Å².